The Balaban J connectivity index is 1.61. The lowest BCUT2D eigenvalue weighted by Crippen LogP contribution is -2.29. The molecule has 0 aliphatic heterocycles. The number of amides is 1. The van der Waals surface area contributed by atoms with Gasteiger partial charge >= 0.3 is 0 Å². The molecule has 116 valence electrons. The van der Waals surface area contributed by atoms with E-state index in [4.69, 9.17) is 0 Å². The zero-order valence-electron chi connectivity index (χ0n) is 12.4. The molecule has 1 fully saturated rings. The topological polar surface area (TPSA) is 54.0 Å². The van der Waals surface area contributed by atoms with Crippen LogP contribution in [0.25, 0.3) is 11.3 Å². The molecule has 6 heteroatoms. The Morgan fingerprint density at radius 2 is 2.09 bits per heavy atom. The van der Waals surface area contributed by atoms with Gasteiger partial charge in [0, 0.05) is 14.9 Å². The molecule has 0 saturated heterocycles. The third kappa shape index (κ3) is 4.15. The molecule has 1 saturated carbocycles. The van der Waals surface area contributed by atoms with Crippen LogP contribution in [0.2, 0.25) is 0 Å². The second kappa shape index (κ2) is 6.89. The van der Waals surface area contributed by atoms with Crippen LogP contribution in [0.3, 0.4) is 0 Å². The molecule has 4 nitrogen and oxygen atoms in total. The zero-order valence-corrected chi connectivity index (χ0v) is 14.8. The van der Waals surface area contributed by atoms with Gasteiger partial charge in [0.1, 0.15) is 0 Å². The van der Waals surface area contributed by atoms with E-state index in [9.17, 15) is 4.79 Å². The number of rotatable bonds is 6. The number of thiazole rings is 1. The first-order chi connectivity index (χ1) is 10.6. The maximum atomic E-state index is 11.9. The first-order valence-electron chi connectivity index (χ1n) is 7.36. The first-order valence-corrected chi connectivity index (χ1v) is 8.96. The van der Waals surface area contributed by atoms with Crippen LogP contribution in [0.1, 0.15) is 17.7 Å². The molecule has 2 aromatic rings. The maximum absolute atomic E-state index is 11.9. The molecule has 1 heterocycles. The van der Waals surface area contributed by atoms with Crippen molar-refractivity contribution in [3.05, 3.63) is 33.6 Å². The summed E-state index contributed by atoms with van der Waals surface area (Å²) in [5.41, 5.74) is 1.99. The summed E-state index contributed by atoms with van der Waals surface area (Å²) in [6.07, 6.45) is 2.58. The Bertz CT molecular complexity index is 665. The number of hydrogen-bond acceptors (Lipinski definition) is 4. The van der Waals surface area contributed by atoms with E-state index < -0.39 is 0 Å². The highest BCUT2D eigenvalue weighted by molar-refractivity contribution is 9.10. The molecule has 1 amide bonds. The van der Waals surface area contributed by atoms with Crippen molar-refractivity contribution in [1.29, 1.82) is 0 Å². The fourth-order valence-electron chi connectivity index (χ4n) is 2.20. The molecule has 0 bridgehead atoms. The molecule has 22 heavy (non-hydrogen) atoms. The van der Waals surface area contributed by atoms with Crippen LogP contribution < -0.4 is 10.6 Å². The third-order valence-electron chi connectivity index (χ3n) is 3.58. The number of aryl methyl sites for hydroxylation is 1. The summed E-state index contributed by atoms with van der Waals surface area (Å²) in [4.78, 5) is 17.6. The fourth-order valence-corrected chi connectivity index (χ4v) is 3.32. The largest absolute Gasteiger partial charge is 0.308 e. The average Bonchev–Trinajstić information content (AvgIpc) is 3.23. The summed E-state index contributed by atoms with van der Waals surface area (Å²) in [6, 6.07) is 8.03. The van der Waals surface area contributed by atoms with Gasteiger partial charge in [0.2, 0.25) is 5.91 Å². The summed E-state index contributed by atoms with van der Waals surface area (Å²) in [5.74, 6) is 0.746. The first kappa shape index (κ1) is 15.6. The summed E-state index contributed by atoms with van der Waals surface area (Å²) >= 11 is 4.94. The Kier molecular flexibility index (Phi) is 4.90. The number of carbonyl (C=O) groups is 1. The molecule has 1 aliphatic rings. The van der Waals surface area contributed by atoms with Crippen molar-refractivity contribution in [2.75, 3.05) is 18.4 Å². The lowest BCUT2D eigenvalue weighted by atomic mass is 10.1. The van der Waals surface area contributed by atoms with Crippen LogP contribution in [-0.2, 0) is 4.79 Å². The second-order valence-electron chi connectivity index (χ2n) is 5.55. The van der Waals surface area contributed by atoms with E-state index in [0.717, 1.165) is 33.1 Å². The van der Waals surface area contributed by atoms with Gasteiger partial charge in [-0.1, -0.05) is 28.1 Å². The highest BCUT2D eigenvalue weighted by Gasteiger charge is 2.20. The summed E-state index contributed by atoms with van der Waals surface area (Å²) < 4.78 is 1.04. The highest BCUT2D eigenvalue weighted by atomic mass is 79.9. The predicted octanol–water partition coefficient (Wildman–Crippen LogP) is 3.82. The lowest BCUT2D eigenvalue weighted by Gasteiger charge is -2.03. The third-order valence-corrected chi connectivity index (χ3v) is 4.99. The molecule has 1 aromatic carbocycles. The quantitative estimate of drug-likeness (QED) is 0.801. The van der Waals surface area contributed by atoms with Gasteiger partial charge in [-0.15, -0.1) is 11.3 Å². The summed E-state index contributed by atoms with van der Waals surface area (Å²) in [6.45, 7) is 3.31. The van der Waals surface area contributed by atoms with Crippen molar-refractivity contribution in [3.63, 3.8) is 0 Å². The van der Waals surface area contributed by atoms with Gasteiger partial charge in [0.25, 0.3) is 0 Å². The van der Waals surface area contributed by atoms with Crippen molar-refractivity contribution in [2.45, 2.75) is 19.8 Å². The normalized spacial score (nSPS) is 14.1. The van der Waals surface area contributed by atoms with Crippen molar-refractivity contribution in [3.8, 4) is 11.3 Å². The molecule has 0 spiro atoms. The van der Waals surface area contributed by atoms with Gasteiger partial charge in [-0.25, -0.2) is 4.98 Å². The van der Waals surface area contributed by atoms with Crippen molar-refractivity contribution in [2.24, 2.45) is 5.92 Å². The smallest absolute Gasteiger partial charge is 0.240 e. The number of anilines is 1. The van der Waals surface area contributed by atoms with Crippen LogP contribution in [-0.4, -0.2) is 24.0 Å². The lowest BCUT2D eigenvalue weighted by molar-refractivity contribution is -0.115. The van der Waals surface area contributed by atoms with Gasteiger partial charge in [0.05, 0.1) is 12.2 Å². The van der Waals surface area contributed by atoms with E-state index in [1.54, 1.807) is 0 Å². The van der Waals surface area contributed by atoms with E-state index in [2.05, 4.69) is 31.5 Å². The van der Waals surface area contributed by atoms with Crippen LogP contribution in [0, 0.1) is 12.8 Å². The standard InChI is InChI=1S/C16H18BrN3OS/c1-10-15(12-4-6-13(17)7-5-12)20-16(22-10)19-14(21)9-18-8-11-2-3-11/h4-7,11,18H,2-3,8-9H2,1H3,(H,19,20,21). The molecular weight excluding hydrogens is 362 g/mol. The zero-order chi connectivity index (χ0) is 15.5. The molecule has 3 rings (SSSR count). The molecule has 0 radical (unpaired) electrons. The molecule has 2 N–H and O–H groups in total. The number of benzene rings is 1. The Hall–Kier alpha value is -1.24. The van der Waals surface area contributed by atoms with E-state index in [-0.39, 0.29) is 5.91 Å². The Morgan fingerprint density at radius 3 is 2.77 bits per heavy atom. The molecule has 0 unspecified atom stereocenters. The van der Waals surface area contributed by atoms with Crippen molar-refractivity contribution < 1.29 is 4.79 Å². The minimum Gasteiger partial charge on any atom is -0.308 e. The van der Waals surface area contributed by atoms with Crippen LogP contribution >= 0.6 is 27.3 Å². The molecule has 1 aliphatic carbocycles. The van der Waals surface area contributed by atoms with Gasteiger partial charge in [-0.2, -0.15) is 0 Å². The minimum absolute atomic E-state index is 0.0308. The molecular formula is C16H18BrN3OS. The van der Waals surface area contributed by atoms with E-state index in [0.29, 0.717) is 11.7 Å². The van der Waals surface area contributed by atoms with Crippen LogP contribution in [0.15, 0.2) is 28.7 Å². The number of nitrogens with one attached hydrogen (secondary N) is 2. The van der Waals surface area contributed by atoms with Crippen LogP contribution in [0.5, 0.6) is 0 Å². The number of hydrogen-bond donors (Lipinski definition) is 2. The molecule has 0 atom stereocenters. The van der Waals surface area contributed by atoms with Gasteiger partial charge in [-0.3, -0.25) is 4.79 Å². The predicted molar refractivity (Wildman–Crippen MR) is 94.2 cm³/mol. The SMILES string of the molecule is Cc1sc(NC(=O)CNCC2CC2)nc1-c1ccc(Br)cc1. The van der Waals surface area contributed by atoms with Gasteiger partial charge < -0.3 is 10.6 Å². The Labute approximate surface area is 142 Å². The van der Waals surface area contributed by atoms with Gasteiger partial charge in [0.15, 0.2) is 5.13 Å². The minimum atomic E-state index is -0.0308. The van der Waals surface area contributed by atoms with E-state index in [1.165, 1.54) is 24.2 Å². The summed E-state index contributed by atoms with van der Waals surface area (Å²) in [5, 5.41) is 6.72. The van der Waals surface area contributed by atoms with Crippen molar-refractivity contribution >= 4 is 38.3 Å². The number of aromatic nitrogens is 1. The molecule has 1 aromatic heterocycles. The van der Waals surface area contributed by atoms with E-state index in [1.807, 2.05) is 31.2 Å². The second-order valence-corrected chi connectivity index (χ2v) is 7.67. The fraction of sp³-hybridized carbons (Fsp3) is 0.375. The van der Waals surface area contributed by atoms with Crippen molar-refractivity contribution in [1.82, 2.24) is 10.3 Å². The summed E-state index contributed by atoms with van der Waals surface area (Å²) in [7, 11) is 0. The number of carbonyl (C=O) groups excluding carboxylic acids is 1. The average molecular weight is 380 g/mol. The number of nitrogens with zero attached hydrogens (tertiary/aromatic N) is 1. The van der Waals surface area contributed by atoms with Gasteiger partial charge in [-0.05, 0) is 44.4 Å². The maximum Gasteiger partial charge on any atom is 0.240 e. The number of halogens is 1. The highest BCUT2D eigenvalue weighted by Crippen LogP contribution is 2.31. The Morgan fingerprint density at radius 1 is 1.36 bits per heavy atom. The van der Waals surface area contributed by atoms with E-state index >= 15 is 0 Å². The van der Waals surface area contributed by atoms with Crippen LogP contribution in [0.4, 0.5) is 5.13 Å². The monoisotopic (exact) mass is 379 g/mol.